The fraction of sp³-hybridized carbons (Fsp3) is 0.333. The first kappa shape index (κ1) is 20.1. The number of benzene rings is 1. The lowest BCUT2D eigenvalue weighted by atomic mass is 10.2. The van der Waals surface area contributed by atoms with Crippen LogP contribution in [0.5, 0.6) is 0 Å². The molecule has 11 heteroatoms. The number of carbonyl (C=O) groups excluding carboxylic acids is 2. The Balaban J connectivity index is 1.68. The van der Waals surface area contributed by atoms with Crippen LogP contribution in [0.15, 0.2) is 34.7 Å². The summed E-state index contributed by atoms with van der Waals surface area (Å²) in [5, 5.41) is 13.3. The summed E-state index contributed by atoms with van der Waals surface area (Å²) in [4.78, 5) is 35.9. The lowest BCUT2D eigenvalue weighted by molar-refractivity contribution is -0.402. The van der Waals surface area contributed by atoms with Crippen LogP contribution in [0.2, 0.25) is 0 Å². The first-order chi connectivity index (χ1) is 13.7. The average Bonchev–Trinajstić information content (AvgIpc) is 3.26. The van der Waals surface area contributed by atoms with Crippen LogP contribution < -0.4 is 15.1 Å². The average molecular weight is 406 g/mol. The molecule has 1 aromatic heterocycles. The Morgan fingerprint density at radius 2 is 2.17 bits per heavy atom. The molecule has 154 valence electrons. The lowest BCUT2D eigenvalue weighted by Crippen LogP contribution is -2.33. The van der Waals surface area contributed by atoms with Crippen molar-refractivity contribution in [3.8, 4) is 0 Å². The van der Waals surface area contributed by atoms with E-state index in [2.05, 4.69) is 5.32 Å². The van der Waals surface area contributed by atoms with Crippen molar-refractivity contribution in [1.29, 1.82) is 0 Å². The smallest absolute Gasteiger partial charge is 0.433 e. The summed E-state index contributed by atoms with van der Waals surface area (Å²) < 4.78 is 24.9. The summed E-state index contributed by atoms with van der Waals surface area (Å²) in [6.07, 6.45) is -1.14. The molecule has 1 aromatic carbocycles. The first-order valence-electron chi connectivity index (χ1n) is 8.71. The van der Waals surface area contributed by atoms with E-state index in [1.54, 1.807) is 13.1 Å². The van der Waals surface area contributed by atoms with Crippen LogP contribution in [-0.2, 0) is 16.1 Å². The number of ether oxygens (including phenoxy) is 1. The predicted molar refractivity (Wildman–Crippen MR) is 100 cm³/mol. The van der Waals surface area contributed by atoms with E-state index in [0.717, 1.165) is 0 Å². The van der Waals surface area contributed by atoms with Gasteiger partial charge in [0.05, 0.1) is 37.1 Å². The molecule has 1 N–H and O–H groups in total. The number of anilines is 2. The molecule has 1 aliphatic heterocycles. The van der Waals surface area contributed by atoms with E-state index in [-0.39, 0.29) is 37.1 Å². The van der Waals surface area contributed by atoms with Gasteiger partial charge in [0.1, 0.15) is 22.6 Å². The summed E-state index contributed by atoms with van der Waals surface area (Å²) in [5.41, 5.74) is 0.554. The van der Waals surface area contributed by atoms with E-state index in [0.29, 0.717) is 11.4 Å². The molecule has 2 aromatic rings. The maximum atomic E-state index is 14.7. The summed E-state index contributed by atoms with van der Waals surface area (Å²) in [5.74, 6) is -0.888. The standard InChI is InChI=1S/C18H19FN4O6/c1-11(24)20-8-14-10-22(18(25)29-14)12-3-5-16(15(19)7-12)21(2)9-13-4-6-17(28-13)23(26)27/h3-7,14H,8-10H2,1-2H3,(H,20,24). The molecule has 1 fully saturated rings. The Morgan fingerprint density at radius 1 is 1.41 bits per heavy atom. The van der Waals surface area contributed by atoms with Crippen molar-refractivity contribution in [1.82, 2.24) is 5.32 Å². The van der Waals surface area contributed by atoms with Crippen LogP contribution >= 0.6 is 0 Å². The summed E-state index contributed by atoms with van der Waals surface area (Å²) in [6, 6.07) is 6.96. The molecule has 2 amide bonds. The molecule has 1 aliphatic rings. The zero-order valence-corrected chi connectivity index (χ0v) is 15.8. The third-order valence-electron chi connectivity index (χ3n) is 4.33. The molecular weight excluding hydrogens is 387 g/mol. The van der Waals surface area contributed by atoms with Crippen molar-refractivity contribution in [3.05, 3.63) is 52.0 Å². The monoisotopic (exact) mass is 406 g/mol. The highest BCUT2D eigenvalue weighted by molar-refractivity contribution is 5.90. The number of nitrogens with one attached hydrogen (secondary N) is 1. The van der Waals surface area contributed by atoms with Crippen LogP contribution in [0.25, 0.3) is 0 Å². The molecule has 1 unspecified atom stereocenters. The molecule has 0 aliphatic carbocycles. The van der Waals surface area contributed by atoms with Crippen molar-refractivity contribution in [2.24, 2.45) is 0 Å². The van der Waals surface area contributed by atoms with E-state index < -0.39 is 22.9 Å². The number of amides is 2. The number of carbonyl (C=O) groups is 2. The van der Waals surface area contributed by atoms with Gasteiger partial charge in [-0.2, -0.15) is 0 Å². The molecule has 3 rings (SSSR count). The van der Waals surface area contributed by atoms with Crippen LogP contribution in [-0.4, -0.2) is 43.2 Å². The zero-order chi connectivity index (χ0) is 21.1. The van der Waals surface area contributed by atoms with Crippen molar-refractivity contribution in [2.45, 2.75) is 19.6 Å². The number of halogens is 1. The van der Waals surface area contributed by atoms with E-state index in [1.807, 2.05) is 0 Å². The number of rotatable bonds is 7. The van der Waals surface area contributed by atoms with Crippen LogP contribution in [0, 0.1) is 15.9 Å². The fourth-order valence-corrected chi connectivity index (χ4v) is 2.94. The fourth-order valence-electron chi connectivity index (χ4n) is 2.94. The second kappa shape index (κ2) is 8.17. The van der Waals surface area contributed by atoms with Gasteiger partial charge >= 0.3 is 12.0 Å². The van der Waals surface area contributed by atoms with Gasteiger partial charge in [-0.3, -0.25) is 19.8 Å². The third-order valence-corrected chi connectivity index (χ3v) is 4.33. The van der Waals surface area contributed by atoms with Crippen molar-refractivity contribution in [2.75, 3.05) is 29.9 Å². The first-order valence-corrected chi connectivity index (χ1v) is 8.71. The molecule has 0 bridgehead atoms. The SMILES string of the molecule is CC(=O)NCC1CN(c2ccc(N(C)Cc3ccc([N+](=O)[O-])o3)c(F)c2)C(=O)O1. The maximum Gasteiger partial charge on any atom is 0.433 e. The van der Waals surface area contributed by atoms with Crippen molar-refractivity contribution in [3.63, 3.8) is 0 Å². The normalized spacial score (nSPS) is 15.9. The number of nitro groups is 1. The highest BCUT2D eigenvalue weighted by Gasteiger charge is 2.32. The Bertz CT molecular complexity index is 946. The zero-order valence-electron chi connectivity index (χ0n) is 15.8. The Kier molecular flexibility index (Phi) is 5.66. The molecule has 1 atom stereocenters. The Hall–Kier alpha value is -3.63. The van der Waals surface area contributed by atoms with Gasteiger partial charge in [0, 0.05) is 14.0 Å². The number of hydrogen-bond donors (Lipinski definition) is 1. The van der Waals surface area contributed by atoms with Crippen LogP contribution in [0.3, 0.4) is 0 Å². The van der Waals surface area contributed by atoms with E-state index in [9.17, 15) is 24.1 Å². The molecule has 0 radical (unpaired) electrons. The number of furan rings is 1. The maximum absolute atomic E-state index is 14.7. The van der Waals surface area contributed by atoms with Gasteiger partial charge in [0.25, 0.3) is 0 Å². The van der Waals surface area contributed by atoms with Gasteiger partial charge in [-0.05, 0) is 24.3 Å². The minimum Gasteiger partial charge on any atom is -0.442 e. The van der Waals surface area contributed by atoms with Crippen molar-refractivity contribution >= 4 is 29.3 Å². The largest absolute Gasteiger partial charge is 0.442 e. The van der Waals surface area contributed by atoms with Gasteiger partial charge in [0.15, 0.2) is 0 Å². The molecular formula is C18H19FN4O6. The molecule has 0 spiro atoms. The third kappa shape index (κ3) is 4.62. The minimum absolute atomic E-state index is 0.120. The van der Waals surface area contributed by atoms with E-state index in [4.69, 9.17) is 9.15 Å². The second-order valence-electron chi connectivity index (χ2n) is 6.54. The number of hydrogen-bond acceptors (Lipinski definition) is 7. The molecule has 2 heterocycles. The molecule has 29 heavy (non-hydrogen) atoms. The highest BCUT2D eigenvalue weighted by atomic mass is 19.1. The van der Waals surface area contributed by atoms with Crippen LogP contribution in [0.4, 0.5) is 26.4 Å². The minimum atomic E-state index is -0.646. The van der Waals surface area contributed by atoms with Crippen molar-refractivity contribution < 1.29 is 28.1 Å². The second-order valence-corrected chi connectivity index (χ2v) is 6.54. The summed E-state index contributed by atoms with van der Waals surface area (Å²) in [7, 11) is 1.61. The van der Waals surface area contributed by atoms with E-state index in [1.165, 1.54) is 41.0 Å². The predicted octanol–water partition coefficient (Wildman–Crippen LogP) is 2.42. The van der Waals surface area contributed by atoms with Gasteiger partial charge in [-0.15, -0.1) is 0 Å². The Labute approximate surface area is 165 Å². The number of cyclic esters (lactones) is 1. The highest BCUT2D eigenvalue weighted by Crippen LogP contribution is 2.28. The lowest BCUT2D eigenvalue weighted by Gasteiger charge is -2.20. The summed E-state index contributed by atoms with van der Waals surface area (Å²) in [6.45, 7) is 1.84. The quantitative estimate of drug-likeness (QED) is 0.554. The number of nitrogens with zero attached hydrogens (tertiary/aromatic N) is 3. The van der Waals surface area contributed by atoms with Gasteiger partial charge in [0.2, 0.25) is 5.91 Å². The summed E-state index contributed by atoms with van der Waals surface area (Å²) >= 11 is 0. The van der Waals surface area contributed by atoms with Crippen LogP contribution in [0.1, 0.15) is 12.7 Å². The topological polar surface area (TPSA) is 118 Å². The van der Waals surface area contributed by atoms with Gasteiger partial charge in [-0.1, -0.05) is 0 Å². The molecule has 0 saturated carbocycles. The Morgan fingerprint density at radius 3 is 2.79 bits per heavy atom. The molecule has 10 nitrogen and oxygen atoms in total. The van der Waals surface area contributed by atoms with Gasteiger partial charge in [-0.25, -0.2) is 9.18 Å². The molecule has 1 saturated heterocycles. The van der Waals surface area contributed by atoms with Gasteiger partial charge < -0.3 is 19.4 Å². The van der Waals surface area contributed by atoms with E-state index >= 15 is 0 Å².